The maximum absolute atomic E-state index is 11.3. The fourth-order valence-electron chi connectivity index (χ4n) is 2.34. The molecule has 0 aromatic heterocycles. The molecule has 1 aliphatic rings. The Morgan fingerprint density at radius 1 is 1.12 bits per heavy atom. The maximum Gasteiger partial charge on any atom is 0.306 e. The van der Waals surface area contributed by atoms with Gasteiger partial charge in [-0.15, -0.1) is 0 Å². The second kappa shape index (κ2) is 6.51. The summed E-state index contributed by atoms with van der Waals surface area (Å²) in [5, 5.41) is 8.67. The van der Waals surface area contributed by atoms with Crippen LogP contribution in [0.2, 0.25) is 0 Å². The number of carboxylic acids is 1. The number of aliphatic carboxylic acids is 1. The Kier molecular flexibility index (Phi) is 5.29. The van der Waals surface area contributed by atoms with Gasteiger partial charge in [0.2, 0.25) is 0 Å². The van der Waals surface area contributed by atoms with Gasteiger partial charge in [0, 0.05) is 12.8 Å². The number of hydrogen-bond acceptors (Lipinski definition) is 3. The van der Waals surface area contributed by atoms with Crippen LogP contribution in [0.5, 0.6) is 0 Å². The molecule has 0 aliphatic heterocycles. The Morgan fingerprint density at radius 3 is 2.06 bits per heavy atom. The molecule has 0 atom stereocenters. The van der Waals surface area contributed by atoms with Gasteiger partial charge in [0.15, 0.2) is 0 Å². The molecule has 0 aromatic rings. The van der Waals surface area contributed by atoms with Gasteiger partial charge >= 0.3 is 11.9 Å². The summed E-state index contributed by atoms with van der Waals surface area (Å²) in [5.41, 5.74) is 0. The Morgan fingerprint density at radius 2 is 1.62 bits per heavy atom. The second-order valence-electron chi connectivity index (χ2n) is 4.49. The Balaban J connectivity index is 2.21. The summed E-state index contributed by atoms with van der Waals surface area (Å²) in [6.07, 6.45) is 4.53. The molecule has 0 bridgehead atoms. The number of ether oxygens (including phenoxy) is 1. The van der Waals surface area contributed by atoms with E-state index >= 15 is 0 Å². The average Bonchev–Trinajstić information content (AvgIpc) is 2.20. The van der Waals surface area contributed by atoms with Gasteiger partial charge in [0.25, 0.3) is 0 Å². The molecule has 1 rings (SSSR count). The summed E-state index contributed by atoms with van der Waals surface area (Å²) in [7, 11) is 0. The zero-order valence-electron chi connectivity index (χ0n) is 9.78. The smallest absolute Gasteiger partial charge is 0.306 e. The van der Waals surface area contributed by atoms with E-state index in [0.29, 0.717) is 24.9 Å². The summed E-state index contributed by atoms with van der Waals surface area (Å²) in [6.45, 7) is 2.24. The van der Waals surface area contributed by atoms with Crippen molar-refractivity contribution >= 4 is 11.9 Å². The molecule has 1 N–H and O–H groups in total. The topological polar surface area (TPSA) is 63.6 Å². The number of carbonyl (C=O) groups excluding carboxylic acids is 1. The molecule has 0 amide bonds. The first-order valence-corrected chi connectivity index (χ1v) is 5.99. The van der Waals surface area contributed by atoms with Crippen molar-refractivity contribution in [3.63, 3.8) is 0 Å². The minimum atomic E-state index is -0.714. The highest BCUT2D eigenvalue weighted by atomic mass is 16.5. The van der Waals surface area contributed by atoms with Crippen LogP contribution in [0.15, 0.2) is 0 Å². The first-order valence-electron chi connectivity index (χ1n) is 5.99. The average molecular weight is 228 g/mol. The van der Waals surface area contributed by atoms with Crippen molar-refractivity contribution in [1.29, 1.82) is 0 Å². The fourth-order valence-corrected chi connectivity index (χ4v) is 2.34. The molecule has 4 heteroatoms. The molecule has 0 spiro atoms. The zero-order valence-corrected chi connectivity index (χ0v) is 9.78. The van der Waals surface area contributed by atoms with E-state index < -0.39 is 5.97 Å². The lowest BCUT2D eigenvalue weighted by Crippen LogP contribution is -2.20. The third kappa shape index (κ3) is 4.64. The highest BCUT2D eigenvalue weighted by Crippen LogP contribution is 2.32. The number of rotatable bonds is 5. The van der Waals surface area contributed by atoms with Crippen LogP contribution in [0, 0.1) is 11.8 Å². The summed E-state index contributed by atoms with van der Waals surface area (Å²) < 4.78 is 4.90. The molecular weight excluding hydrogens is 208 g/mol. The van der Waals surface area contributed by atoms with E-state index in [1.807, 2.05) is 6.92 Å². The van der Waals surface area contributed by atoms with E-state index in [4.69, 9.17) is 9.84 Å². The monoisotopic (exact) mass is 228 g/mol. The second-order valence-corrected chi connectivity index (χ2v) is 4.49. The predicted molar refractivity (Wildman–Crippen MR) is 59.0 cm³/mol. The Hall–Kier alpha value is -1.06. The van der Waals surface area contributed by atoms with Crippen LogP contribution < -0.4 is 0 Å². The van der Waals surface area contributed by atoms with Gasteiger partial charge in [-0.3, -0.25) is 9.59 Å². The Bertz CT molecular complexity index is 241. The molecule has 1 saturated carbocycles. The van der Waals surface area contributed by atoms with Crippen LogP contribution in [-0.4, -0.2) is 23.7 Å². The van der Waals surface area contributed by atoms with Crippen LogP contribution >= 0.6 is 0 Å². The van der Waals surface area contributed by atoms with Crippen LogP contribution in [0.3, 0.4) is 0 Å². The van der Waals surface area contributed by atoms with Crippen molar-refractivity contribution in [3.05, 3.63) is 0 Å². The molecule has 92 valence electrons. The summed E-state index contributed by atoms with van der Waals surface area (Å²) in [4.78, 5) is 21.8. The fraction of sp³-hybridized carbons (Fsp3) is 0.833. The normalized spacial score (nSPS) is 25.1. The number of esters is 1. The summed E-state index contributed by atoms with van der Waals surface area (Å²) in [5.74, 6) is -0.141. The van der Waals surface area contributed by atoms with Gasteiger partial charge in [-0.25, -0.2) is 0 Å². The van der Waals surface area contributed by atoms with E-state index in [1.165, 1.54) is 0 Å². The van der Waals surface area contributed by atoms with E-state index in [9.17, 15) is 9.59 Å². The van der Waals surface area contributed by atoms with Crippen molar-refractivity contribution in [1.82, 2.24) is 0 Å². The molecule has 4 nitrogen and oxygen atoms in total. The molecule has 0 saturated heterocycles. The number of hydrogen-bond donors (Lipinski definition) is 1. The lowest BCUT2D eigenvalue weighted by Gasteiger charge is -2.26. The van der Waals surface area contributed by atoms with Crippen LogP contribution in [0.4, 0.5) is 0 Å². The minimum absolute atomic E-state index is 0.121. The molecule has 1 aliphatic carbocycles. The SMILES string of the molecule is CCOC(=O)CC1CCC(CC(=O)O)CC1. The van der Waals surface area contributed by atoms with Gasteiger partial charge in [-0.1, -0.05) is 0 Å². The number of carboxylic acid groups (broad SMARTS) is 1. The highest BCUT2D eigenvalue weighted by molar-refractivity contribution is 5.69. The van der Waals surface area contributed by atoms with Gasteiger partial charge in [0.1, 0.15) is 0 Å². The van der Waals surface area contributed by atoms with Gasteiger partial charge in [0.05, 0.1) is 6.61 Å². The third-order valence-electron chi connectivity index (χ3n) is 3.19. The predicted octanol–water partition coefficient (Wildman–Crippen LogP) is 2.22. The third-order valence-corrected chi connectivity index (χ3v) is 3.19. The zero-order chi connectivity index (χ0) is 12.0. The van der Waals surface area contributed by atoms with Crippen molar-refractivity contribution in [2.24, 2.45) is 11.8 Å². The molecule has 1 fully saturated rings. The molecule has 0 unspecified atom stereocenters. The molecule has 0 aromatic carbocycles. The summed E-state index contributed by atoms with van der Waals surface area (Å²) >= 11 is 0. The maximum atomic E-state index is 11.3. The first kappa shape index (κ1) is 13.0. The number of carbonyl (C=O) groups is 2. The largest absolute Gasteiger partial charge is 0.481 e. The van der Waals surface area contributed by atoms with Crippen LogP contribution in [-0.2, 0) is 14.3 Å². The first-order chi connectivity index (χ1) is 7.61. The lowest BCUT2D eigenvalue weighted by molar-refractivity contribution is -0.145. The molecular formula is C12H20O4. The highest BCUT2D eigenvalue weighted by Gasteiger charge is 2.24. The lowest BCUT2D eigenvalue weighted by atomic mass is 9.79. The van der Waals surface area contributed by atoms with Crippen LogP contribution in [0.1, 0.15) is 45.4 Å². The summed E-state index contributed by atoms with van der Waals surface area (Å²) in [6, 6.07) is 0. The van der Waals surface area contributed by atoms with Crippen molar-refractivity contribution in [2.45, 2.75) is 45.4 Å². The van der Waals surface area contributed by atoms with Gasteiger partial charge in [-0.2, -0.15) is 0 Å². The van der Waals surface area contributed by atoms with Crippen molar-refractivity contribution in [2.75, 3.05) is 6.61 Å². The standard InChI is InChI=1S/C12H20O4/c1-2-16-12(15)8-10-5-3-9(4-6-10)7-11(13)14/h9-10H,2-8H2,1H3,(H,13,14). The van der Waals surface area contributed by atoms with Crippen molar-refractivity contribution in [3.8, 4) is 0 Å². The van der Waals surface area contributed by atoms with E-state index in [-0.39, 0.29) is 12.4 Å². The quantitative estimate of drug-likeness (QED) is 0.733. The van der Waals surface area contributed by atoms with E-state index in [0.717, 1.165) is 25.7 Å². The molecule has 0 heterocycles. The van der Waals surface area contributed by atoms with E-state index in [2.05, 4.69) is 0 Å². The van der Waals surface area contributed by atoms with Gasteiger partial charge < -0.3 is 9.84 Å². The van der Waals surface area contributed by atoms with Crippen molar-refractivity contribution < 1.29 is 19.4 Å². The molecule has 0 radical (unpaired) electrons. The van der Waals surface area contributed by atoms with E-state index in [1.54, 1.807) is 0 Å². The molecule has 16 heavy (non-hydrogen) atoms. The Labute approximate surface area is 96.0 Å². The van der Waals surface area contributed by atoms with Crippen LogP contribution in [0.25, 0.3) is 0 Å². The minimum Gasteiger partial charge on any atom is -0.481 e. The van der Waals surface area contributed by atoms with Gasteiger partial charge in [-0.05, 0) is 44.4 Å².